The molecule has 1 saturated heterocycles. The van der Waals surface area contributed by atoms with Gasteiger partial charge < -0.3 is 4.90 Å². The zero-order chi connectivity index (χ0) is 18.2. The molecule has 2 aliphatic heterocycles. The number of carbonyl (C=O) groups is 1. The van der Waals surface area contributed by atoms with Gasteiger partial charge in [-0.1, -0.05) is 24.3 Å². The van der Waals surface area contributed by atoms with Crippen molar-refractivity contribution in [3.63, 3.8) is 0 Å². The van der Waals surface area contributed by atoms with E-state index in [2.05, 4.69) is 54.3 Å². The summed E-state index contributed by atoms with van der Waals surface area (Å²) in [4.78, 5) is 25.9. The molecule has 3 heterocycles. The number of hydrogen-bond acceptors (Lipinski definition) is 6. The Bertz CT molecular complexity index is 1040. The third-order valence-electron chi connectivity index (χ3n) is 5.08. The summed E-state index contributed by atoms with van der Waals surface area (Å²) in [5.74, 6) is 0.880. The standard InChI is InChI=1S/C20H18N6O/c27-20-15-7-4-8-16-18(15)19(23-24-20)22-17(21-16)13-25-9-11-26(12-10-25)14-5-2-1-3-6-14/h1-8H,9-13H2. The fourth-order valence-corrected chi connectivity index (χ4v) is 3.68. The minimum atomic E-state index is -0.332. The first-order chi connectivity index (χ1) is 13.3. The lowest BCUT2D eigenvalue weighted by Crippen LogP contribution is -2.46. The summed E-state index contributed by atoms with van der Waals surface area (Å²) in [5.41, 5.74) is 2.55. The van der Waals surface area contributed by atoms with Gasteiger partial charge in [0.15, 0.2) is 5.82 Å². The van der Waals surface area contributed by atoms with Crippen LogP contribution in [0.25, 0.3) is 10.9 Å². The Morgan fingerprint density at radius 1 is 0.852 bits per heavy atom. The second-order valence-corrected chi connectivity index (χ2v) is 6.77. The van der Waals surface area contributed by atoms with Gasteiger partial charge in [0, 0.05) is 31.9 Å². The van der Waals surface area contributed by atoms with Crippen LogP contribution >= 0.6 is 0 Å². The van der Waals surface area contributed by atoms with Gasteiger partial charge in [0.05, 0.1) is 23.0 Å². The Kier molecular flexibility index (Phi) is 3.86. The van der Waals surface area contributed by atoms with Crippen molar-refractivity contribution in [3.05, 3.63) is 59.9 Å². The van der Waals surface area contributed by atoms with E-state index in [1.54, 1.807) is 6.07 Å². The maximum absolute atomic E-state index is 11.9. The predicted molar refractivity (Wildman–Crippen MR) is 102 cm³/mol. The predicted octanol–water partition coefficient (Wildman–Crippen LogP) is 3.19. The average molecular weight is 358 g/mol. The second-order valence-electron chi connectivity index (χ2n) is 6.77. The highest BCUT2D eigenvalue weighted by atomic mass is 16.1. The maximum Gasteiger partial charge on any atom is 0.296 e. The molecule has 5 rings (SSSR count). The van der Waals surface area contributed by atoms with E-state index >= 15 is 0 Å². The molecular formula is C20H18N6O. The number of para-hydroxylation sites is 1. The maximum atomic E-state index is 11.9. The van der Waals surface area contributed by atoms with Crippen LogP contribution in [0.15, 0.2) is 58.8 Å². The molecule has 2 aliphatic rings. The number of rotatable bonds is 3. The molecule has 0 unspecified atom stereocenters. The number of piperazine rings is 1. The van der Waals surface area contributed by atoms with Gasteiger partial charge in [-0.05, 0) is 24.3 Å². The average Bonchev–Trinajstić information content (AvgIpc) is 2.72. The summed E-state index contributed by atoms with van der Waals surface area (Å²) in [6.07, 6.45) is 0. The largest absolute Gasteiger partial charge is 0.369 e. The molecule has 7 nitrogen and oxygen atoms in total. The molecule has 0 spiro atoms. The van der Waals surface area contributed by atoms with Crippen LogP contribution in [-0.2, 0) is 6.54 Å². The van der Waals surface area contributed by atoms with Gasteiger partial charge in [-0.2, -0.15) is 0 Å². The SMILES string of the molecule is O=C1N=Nc2nc(CN3CCN(c4ccccc4)CC3)nc3cccc1c23. The molecule has 0 bridgehead atoms. The van der Waals surface area contributed by atoms with Crippen LogP contribution in [0.1, 0.15) is 16.2 Å². The van der Waals surface area contributed by atoms with Crippen molar-refractivity contribution in [2.75, 3.05) is 31.1 Å². The van der Waals surface area contributed by atoms with Crippen molar-refractivity contribution in [1.82, 2.24) is 14.9 Å². The first-order valence-corrected chi connectivity index (χ1v) is 9.06. The molecular weight excluding hydrogens is 340 g/mol. The number of azo groups is 1. The van der Waals surface area contributed by atoms with E-state index in [4.69, 9.17) is 0 Å². The molecule has 0 N–H and O–H groups in total. The van der Waals surface area contributed by atoms with Gasteiger partial charge in [0.2, 0.25) is 0 Å². The van der Waals surface area contributed by atoms with Crippen LogP contribution in [0.5, 0.6) is 0 Å². The highest BCUT2D eigenvalue weighted by Gasteiger charge is 2.22. The zero-order valence-electron chi connectivity index (χ0n) is 14.7. The molecule has 0 radical (unpaired) electrons. The van der Waals surface area contributed by atoms with Crippen molar-refractivity contribution < 1.29 is 4.79 Å². The number of hydrogen-bond donors (Lipinski definition) is 0. The molecule has 1 fully saturated rings. The van der Waals surface area contributed by atoms with Gasteiger partial charge in [0.1, 0.15) is 5.82 Å². The lowest BCUT2D eigenvalue weighted by Gasteiger charge is -2.35. The summed E-state index contributed by atoms with van der Waals surface area (Å²) in [5, 5.41) is 8.40. The number of benzene rings is 2. The number of aromatic nitrogens is 2. The smallest absolute Gasteiger partial charge is 0.296 e. The van der Waals surface area contributed by atoms with Crippen molar-refractivity contribution in [1.29, 1.82) is 0 Å². The van der Waals surface area contributed by atoms with E-state index < -0.39 is 0 Å². The van der Waals surface area contributed by atoms with E-state index in [9.17, 15) is 4.79 Å². The summed E-state index contributed by atoms with van der Waals surface area (Å²) >= 11 is 0. The van der Waals surface area contributed by atoms with Crippen molar-refractivity contribution in [2.24, 2.45) is 10.2 Å². The quantitative estimate of drug-likeness (QED) is 0.719. The normalized spacial score (nSPS) is 16.9. The first kappa shape index (κ1) is 16.0. The topological polar surface area (TPSA) is 74.1 Å². The summed E-state index contributed by atoms with van der Waals surface area (Å²) < 4.78 is 0. The molecule has 1 amide bonds. The van der Waals surface area contributed by atoms with Gasteiger partial charge in [-0.3, -0.25) is 9.69 Å². The summed E-state index contributed by atoms with van der Waals surface area (Å²) in [6.45, 7) is 4.52. The van der Waals surface area contributed by atoms with Crippen molar-refractivity contribution >= 4 is 28.3 Å². The fraction of sp³-hybridized carbons (Fsp3) is 0.250. The molecule has 2 aromatic carbocycles. The lowest BCUT2D eigenvalue weighted by molar-refractivity contribution is 0.0995. The molecule has 0 saturated carbocycles. The van der Waals surface area contributed by atoms with Crippen LogP contribution in [0, 0.1) is 0 Å². The van der Waals surface area contributed by atoms with Gasteiger partial charge >= 0.3 is 0 Å². The van der Waals surface area contributed by atoms with E-state index in [-0.39, 0.29) is 5.91 Å². The number of anilines is 1. The van der Waals surface area contributed by atoms with Crippen LogP contribution in [0.2, 0.25) is 0 Å². The molecule has 134 valence electrons. The Balaban J connectivity index is 1.35. The third kappa shape index (κ3) is 2.96. The Labute approximate surface area is 156 Å². The van der Waals surface area contributed by atoms with Crippen LogP contribution < -0.4 is 4.90 Å². The summed E-state index contributed by atoms with van der Waals surface area (Å²) in [6, 6.07) is 16.0. The van der Waals surface area contributed by atoms with Gasteiger partial charge in [0.25, 0.3) is 5.91 Å². The van der Waals surface area contributed by atoms with Crippen molar-refractivity contribution in [2.45, 2.75) is 6.54 Å². The highest BCUT2D eigenvalue weighted by Crippen LogP contribution is 2.31. The fourth-order valence-electron chi connectivity index (χ4n) is 3.68. The van der Waals surface area contributed by atoms with E-state index in [1.807, 2.05) is 18.2 Å². The van der Waals surface area contributed by atoms with Crippen LogP contribution in [0.3, 0.4) is 0 Å². The molecule has 1 aromatic heterocycles. The van der Waals surface area contributed by atoms with Gasteiger partial charge in [-0.25, -0.2) is 9.97 Å². The molecule has 3 aromatic rings. The van der Waals surface area contributed by atoms with E-state index in [0.717, 1.165) is 37.5 Å². The van der Waals surface area contributed by atoms with Crippen LogP contribution in [-0.4, -0.2) is 47.0 Å². The second kappa shape index (κ2) is 6.51. The van der Waals surface area contributed by atoms with Gasteiger partial charge in [-0.15, -0.1) is 10.2 Å². The third-order valence-corrected chi connectivity index (χ3v) is 5.08. The molecule has 7 heteroatoms. The first-order valence-electron chi connectivity index (χ1n) is 9.06. The van der Waals surface area contributed by atoms with Crippen LogP contribution in [0.4, 0.5) is 11.5 Å². The Morgan fingerprint density at radius 3 is 2.48 bits per heavy atom. The minimum Gasteiger partial charge on any atom is -0.369 e. The monoisotopic (exact) mass is 358 g/mol. The highest BCUT2D eigenvalue weighted by molar-refractivity contribution is 6.11. The Hall–Kier alpha value is -3.19. The van der Waals surface area contributed by atoms with E-state index in [0.29, 0.717) is 23.3 Å². The minimum absolute atomic E-state index is 0.332. The number of nitrogens with zero attached hydrogens (tertiary/aromatic N) is 6. The van der Waals surface area contributed by atoms with Crippen molar-refractivity contribution in [3.8, 4) is 0 Å². The molecule has 27 heavy (non-hydrogen) atoms. The lowest BCUT2D eigenvalue weighted by atomic mass is 10.1. The number of carbonyl (C=O) groups excluding carboxylic acids is 1. The van der Waals surface area contributed by atoms with E-state index in [1.165, 1.54) is 5.69 Å². The molecule has 0 atom stereocenters. The molecule has 0 aliphatic carbocycles. The Morgan fingerprint density at radius 2 is 1.67 bits per heavy atom. The zero-order valence-corrected chi connectivity index (χ0v) is 14.7. The number of amides is 1. The summed E-state index contributed by atoms with van der Waals surface area (Å²) in [7, 11) is 0.